The highest BCUT2D eigenvalue weighted by atomic mass is 15.1. The molecule has 6 nitrogen and oxygen atoms in total. The van der Waals surface area contributed by atoms with E-state index in [1.807, 2.05) is 12.4 Å². The van der Waals surface area contributed by atoms with Crippen molar-refractivity contribution >= 4 is 43.6 Å². The highest BCUT2D eigenvalue weighted by Gasteiger charge is 2.20. The third-order valence-electron chi connectivity index (χ3n) is 8.66. The molecule has 2 aromatic carbocycles. The summed E-state index contributed by atoms with van der Waals surface area (Å²) in [5.74, 6) is 0. The number of aromatic nitrogens is 4. The smallest absolute Gasteiger partial charge is 0.0786 e. The van der Waals surface area contributed by atoms with Gasteiger partial charge in [-0.2, -0.15) is 0 Å². The lowest BCUT2D eigenvalue weighted by Crippen LogP contribution is -2.26. The maximum atomic E-state index is 5.94. The van der Waals surface area contributed by atoms with Gasteiger partial charge in [0.2, 0.25) is 0 Å². The van der Waals surface area contributed by atoms with Crippen LogP contribution in [0.15, 0.2) is 73.1 Å². The summed E-state index contributed by atoms with van der Waals surface area (Å²) in [5.41, 5.74) is 13.4. The molecule has 0 aliphatic carbocycles. The van der Waals surface area contributed by atoms with E-state index >= 15 is 0 Å². The molecule has 0 fully saturated rings. The van der Waals surface area contributed by atoms with Crippen molar-refractivity contribution in [3.63, 3.8) is 0 Å². The van der Waals surface area contributed by atoms with Gasteiger partial charge in [-0.15, -0.1) is 0 Å². The number of nitrogens with two attached hydrogens (primary N) is 1. The minimum atomic E-state index is 0.714. The number of hydrogen-bond donors (Lipinski definition) is 1. The summed E-state index contributed by atoms with van der Waals surface area (Å²) in [6, 6.07) is 22.0. The minimum absolute atomic E-state index is 0.714. The third-order valence-corrected chi connectivity index (χ3v) is 8.66. The number of unbranched alkanes of at least 4 members (excludes halogenated alkanes) is 3. The first-order chi connectivity index (χ1) is 20.7. The molecule has 42 heavy (non-hydrogen) atoms. The van der Waals surface area contributed by atoms with E-state index in [4.69, 9.17) is 15.7 Å². The molecule has 0 saturated heterocycles. The van der Waals surface area contributed by atoms with Crippen molar-refractivity contribution in [1.29, 1.82) is 0 Å². The van der Waals surface area contributed by atoms with Crippen LogP contribution in [0.3, 0.4) is 0 Å². The molecular formula is C36H44N6. The summed E-state index contributed by atoms with van der Waals surface area (Å²) >= 11 is 0. The van der Waals surface area contributed by atoms with Gasteiger partial charge in [0.1, 0.15) is 0 Å². The molecule has 4 heterocycles. The highest BCUT2D eigenvalue weighted by molar-refractivity contribution is 6.09. The first-order valence-electron chi connectivity index (χ1n) is 15.9. The maximum Gasteiger partial charge on any atom is 0.0786 e. The Morgan fingerprint density at radius 3 is 1.60 bits per heavy atom. The Bertz CT molecular complexity index is 1670. The first-order valence-corrected chi connectivity index (χ1v) is 15.9. The van der Waals surface area contributed by atoms with Gasteiger partial charge < -0.3 is 14.9 Å². The maximum absolute atomic E-state index is 5.94. The van der Waals surface area contributed by atoms with Gasteiger partial charge in [-0.25, -0.2) is 0 Å². The number of nitrogens with zero attached hydrogens (tertiary/aromatic N) is 5. The lowest BCUT2D eigenvalue weighted by molar-refractivity contribution is 0.247. The fourth-order valence-corrected chi connectivity index (χ4v) is 6.59. The predicted octanol–water partition coefficient (Wildman–Crippen LogP) is 8.03. The van der Waals surface area contributed by atoms with Gasteiger partial charge in [0.15, 0.2) is 0 Å². The van der Waals surface area contributed by atoms with Crippen LogP contribution in [0.1, 0.15) is 63.8 Å². The van der Waals surface area contributed by atoms with Crippen LogP contribution < -0.4 is 5.73 Å². The van der Waals surface area contributed by atoms with Crippen molar-refractivity contribution in [3.8, 4) is 0 Å². The Morgan fingerprint density at radius 1 is 0.619 bits per heavy atom. The van der Waals surface area contributed by atoms with Crippen LogP contribution in [-0.2, 0) is 26.2 Å². The molecule has 0 bridgehead atoms. The molecule has 6 aromatic rings. The number of aryl methyl sites for hydroxylation is 2. The third kappa shape index (κ3) is 5.41. The van der Waals surface area contributed by atoms with Gasteiger partial charge in [-0.3, -0.25) is 14.9 Å². The van der Waals surface area contributed by atoms with E-state index in [2.05, 4.69) is 88.5 Å². The van der Waals surface area contributed by atoms with Crippen molar-refractivity contribution in [2.24, 2.45) is 5.73 Å². The van der Waals surface area contributed by atoms with E-state index in [0.29, 0.717) is 6.54 Å². The number of para-hydroxylation sites is 2. The number of pyridine rings is 2. The Kier molecular flexibility index (Phi) is 8.82. The molecule has 0 spiro atoms. The minimum Gasteiger partial charge on any atom is -0.339 e. The highest BCUT2D eigenvalue weighted by Crippen LogP contribution is 2.33. The van der Waals surface area contributed by atoms with Crippen LogP contribution in [-0.4, -0.2) is 37.1 Å². The molecule has 6 heteroatoms. The van der Waals surface area contributed by atoms with Crippen molar-refractivity contribution in [1.82, 2.24) is 24.0 Å². The topological polar surface area (TPSA) is 64.9 Å². The largest absolute Gasteiger partial charge is 0.339 e. The van der Waals surface area contributed by atoms with Crippen molar-refractivity contribution < 1.29 is 0 Å². The average molecular weight is 561 g/mol. The second-order valence-corrected chi connectivity index (χ2v) is 11.6. The Balaban J connectivity index is 1.43. The average Bonchev–Trinajstić information content (AvgIpc) is 3.53. The lowest BCUT2D eigenvalue weighted by atomic mass is 10.1. The van der Waals surface area contributed by atoms with Gasteiger partial charge in [0, 0.05) is 71.2 Å². The first kappa shape index (κ1) is 28.4. The standard InChI is InChI=1S/C36H44N6/c1-3-5-23-41-33-15-9-7-13-27(33)29-17-20-38-31(35(29)41)25-40(22-12-11-19-37)26-32-36-30(18-21-39-32)28-14-8-10-16-34(28)42(36)24-6-4-2/h7-10,13-18,20-21H,3-6,11-12,19,22-26,37H2,1-2H3. The number of fused-ring (bicyclic) bond motifs is 6. The van der Waals surface area contributed by atoms with Crippen molar-refractivity contribution in [2.75, 3.05) is 13.1 Å². The molecule has 0 amide bonds. The summed E-state index contributed by atoms with van der Waals surface area (Å²) in [6.45, 7) is 9.76. The van der Waals surface area contributed by atoms with Crippen LogP contribution >= 0.6 is 0 Å². The van der Waals surface area contributed by atoms with E-state index in [9.17, 15) is 0 Å². The molecule has 4 aromatic heterocycles. The van der Waals surface area contributed by atoms with Gasteiger partial charge in [0.25, 0.3) is 0 Å². The Hall–Kier alpha value is -3.74. The predicted molar refractivity (Wildman–Crippen MR) is 177 cm³/mol. The van der Waals surface area contributed by atoms with Crippen LogP contribution in [0.5, 0.6) is 0 Å². The van der Waals surface area contributed by atoms with E-state index in [0.717, 1.165) is 82.6 Å². The number of hydrogen-bond acceptors (Lipinski definition) is 4. The molecule has 2 N–H and O–H groups in total. The molecule has 218 valence electrons. The second-order valence-electron chi connectivity index (χ2n) is 11.6. The Morgan fingerprint density at radius 2 is 1.12 bits per heavy atom. The zero-order valence-corrected chi connectivity index (χ0v) is 25.2. The molecule has 0 radical (unpaired) electrons. The van der Waals surface area contributed by atoms with Gasteiger partial charge in [-0.05, 0) is 63.0 Å². The monoisotopic (exact) mass is 560 g/mol. The molecule has 6 rings (SSSR count). The van der Waals surface area contributed by atoms with Crippen LogP contribution in [0, 0.1) is 0 Å². The van der Waals surface area contributed by atoms with Crippen LogP contribution in [0.2, 0.25) is 0 Å². The van der Waals surface area contributed by atoms with Crippen molar-refractivity contribution in [3.05, 3.63) is 84.4 Å². The SMILES string of the molecule is CCCCn1c2ccccc2c2ccnc(CN(CCCCN)Cc3nccc4c5ccccc5n(CCCC)c34)c21. The molecule has 0 unspecified atom stereocenters. The van der Waals surface area contributed by atoms with Crippen LogP contribution in [0.25, 0.3) is 43.6 Å². The van der Waals surface area contributed by atoms with Gasteiger partial charge in [-0.1, -0.05) is 63.1 Å². The molecular weight excluding hydrogens is 516 g/mol. The van der Waals surface area contributed by atoms with Crippen LogP contribution in [0.4, 0.5) is 0 Å². The summed E-state index contributed by atoms with van der Waals surface area (Å²) in [7, 11) is 0. The molecule has 0 aliphatic heterocycles. The second kappa shape index (κ2) is 13.1. The number of rotatable bonds is 14. The van der Waals surface area contributed by atoms with E-state index in [1.54, 1.807) is 0 Å². The molecule has 0 saturated carbocycles. The Labute approximate surface area is 249 Å². The van der Waals surface area contributed by atoms with E-state index < -0.39 is 0 Å². The fraction of sp³-hybridized carbons (Fsp3) is 0.389. The normalized spacial score (nSPS) is 12.1. The zero-order chi connectivity index (χ0) is 28.9. The van der Waals surface area contributed by atoms with Gasteiger partial charge >= 0.3 is 0 Å². The fourth-order valence-electron chi connectivity index (χ4n) is 6.59. The molecule has 0 atom stereocenters. The number of benzene rings is 2. The quantitative estimate of drug-likeness (QED) is 0.137. The zero-order valence-electron chi connectivity index (χ0n) is 25.2. The van der Waals surface area contributed by atoms with Crippen molar-refractivity contribution in [2.45, 2.75) is 78.6 Å². The van der Waals surface area contributed by atoms with E-state index in [1.165, 1.54) is 43.6 Å². The summed E-state index contributed by atoms with van der Waals surface area (Å²) in [4.78, 5) is 12.6. The lowest BCUT2D eigenvalue weighted by Gasteiger charge is -2.23. The van der Waals surface area contributed by atoms with E-state index in [-0.39, 0.29) is 0 Å². The molecule has 0 aliphatic rings. The summed E-state index contributed by atoms with van der Waals surface area (Å²) in [6.07, 6.45) is 10.7. The summed E-state index contributed by atoms with van der Waals surface area (Å²) < 4.78 is 5.02. The van der Waals surface area contributed by atoms with Gasteiger partial charge in [0.05, 0.1) is 22.4 Å². The summed E-state index contributed by atoms with van der Waals surface area (Å²) in [5, 5.41) is 5.23.